The highest BCUT2D eigenvalue weighted by Crippen LogP contribution is 2.50. The number of guanidine groups is 1. The first-order valence-electron chi connectivity index (χ1n) is 10.0. The second-order valence-corrected chi connectivity index (χ2v) is 8.36. The van der Waals surface area contributed by atoms with Crippen LogP contribution < -0.4 is 10.5 Å². The molecule has 0 bridgehead atoms. The number of benzene rings is 3. The van der Waals surface area contributed by atoms with Gasteiger partial charge in [0.25, 0.3) is 5.91 Å². The van der Waals surface area contributed by atoms with Gasteiger partial charge in [0.1, 0.15) is 5.75 Å². The lowest BCUT2D eigenvalue weighted by Gasteiger charge is -2.30. The van der Waals surface area contributed by atoms with Crippen molar-refractivity contribution in [1.29, 1.82) is 0 Å². The van der Waals surface area contributed by atoms with Crippen molar-refractivity contribution in [3.8, 4) is 16.9 Å². The summed E-state index contributed by atoms with van der Waals surface area (Å²) in [5.41, 5.74) is 4.82. The molecule has 180 valence electrons. The Hall–Kier alpha value is -3.56. The molecule has 3 aromatic carbocycles. The average molecular weight is 522 g/mol. The van der Waals surface area contributed by atoms with Crippen LogP contribution in [0.5, 0.6) is 5.75 Å². The Morgan fingerprint density at radius 3 is 2.26 bits per heavy atom. The minimum absolute atomic E-state index is 0.00633. The lowest BCUT2D eigenvalue weighted by Crippen LogP contribution is -2.42. The number of carbonyl (C=O) groups is 2. The Bertz CT molecular complexity index is 1360. The number of alkyl halides is 3. The van der Waals surface area contributed by atoms with Crippen LogP contribution in [0.15, 0.2) is 71.7 Å². The maximum absolute atomic E-state index is 13.7. The van der Waals surface area contributed by atoms with E-state index in [0.29, 0.717) is 11.1 Å². The number of ether oxygens (including phenoxy) is 1. The molecule has 35 heavy (non-hydrogen) atoms. The van der Waals surface area contributed by atoms with Gasteiger partial charge < -0.3 is 10.5 Å². The molecule has 0 radical (unpaired) electrons. The van der Waals surface area contributed by atoms with E-state index in [1.807, 2.05) is 0 Å². The third-order valence-corrected chi connectivity index (χ3v) is 6.20. The Morgan fingerprint density at radius 2 is 1.66 bits per heavy atom. The predicted molar refractivity (Wildman–Crippen MR) is 125 cm³/mol. The summed E-state index contributed by atoms with van der Waals surface area (Å²) in [7, 11) is 1.34. The number of hydrogen-bond donors (Lipinski definition) is 1. The van der Waals surface area contributed by atoms with E-state index in [0.717, 1.165) is 11.0 Å². The molecule has 2 N–H and O–H groups in total. The van der Waals surface area contributed by atoms with Crippen LogP contribution in [0.3, 0.4) is 0 Å². The monoisotopic (exact) mass is 521 g/mol. The fourth-order valence-electron chi connectivity index (χ4n) is 3.85. The van der Waals surface area contributed by atoms with Crippen LogP contribution >= 0.6 is 23.2 Å². The second-order valence-electron chi connectivity index (χ2n) is 7.58. The number of para-hydroxylation sites is 1. The Kier molecular flexibility index (Phi) is 6.25. The highest BCUT2D eigenvalue weighted by atomic mass is 35.5. The van der Waals surface area contributed by atoms with Gasteiger partial charge >= 0.3 is 12.1 Å². The minimum Gasteiger partial charge on any atom is -0.419 e. The van der Waals surface area contributed by atoms with Crippen LogP contribution in [-0.4, -0.2) is 36.0 Å². The van der Waals surface area contributed by atoms with E-state index in [4.69, 9.17) is 28.9 Å². The third kappa shape index (κ3) is 4.11. The molecule has 1 amide bonds. The number of hydrogen-bond acceptors (Lipinski definition) is 5. The molecular formula is C24H16Cl2F3N3O3. The third-order valence-electron chi connectivity index (χ3n) is 5.49. The summed E-state index contributed by atoms with van der Waals surface area (Å²) in [6.45, 7) is 0. The fourth-order valence-corrected chi connectivity index (χ4v) is 4.60. The van der Waals surface area contributed by atoms with E-state index in [9.17, 15) is 22.8 Å². The summed E-state index contributed by atoms with van der Waals surface area (Å²) in [5.74, 6) is -4.00. The lowest BCUT2D eigenvalue weighted by molar-refractivity contribution is -0.189. The fraction of sp³-hybridized carbons (Fsp3) is 0.125. The molecule has 0 saturated carbocycles. The van der Waals surface area contributed by atoms with Crippen LogP contribution in [0.25, 0.3) is 11.1 Å². The topological polar surface area (TPSA) is 85.0 Å². The largest absolute Gasteiger partial charge is 0.491 e. The molecule has 6 nitrogen and oxygen atoms in total. The zero-order valence-corrected chi connectivity index (χ0v) is 19.4. The first-order chi connectivity index (χ1) is 16.5. The van der Waals surface area contributed by atoms with Crippen molar-refractivity contribution in [3.63, 3.8) is 0 Å². The van der Waals surface area contributed by atoms with Gasteiger partial charge in [0.15, 0.2) is 11.5 Å². The van der Waals surface area contributed by atoms with Crippen molar-refractivity contribution in [2.45, 2.75) is 11.7 Å². The molecule has 1 unspecified atom stereocenters. The van der Waals surface area contributed by atoms with E-state index in [-0.39, 0.29) is 27.1 Å². The second kappa shape index (κ2) is 8.90. The van der Waals surface area contributed by atoms with Gasteiger partial charge in [-0.15, -0.1) is 0 Å². The van der Waals surface area contributed by atoms with Gasteiger partial charge in [-0.25, -0.2) is 9.79 Å². The van der Waals surface area contributed by atoms with Crippen LogP contribution in [0, 0.1) is 0 Å². The summed E-state index contributed by atoms with van der Waals surface area (Å²) in [5, 5.41) is 0.0349. The van der Waals surface area contributed by atoms with E-state index in [2.05, 4.69) is 9.73 Å². The van der Waals surface area contributed by atoms with Gasteiger partial charge in [-0.2, -0.15) is 13.2 Å². The molecule has 4 rings (SSSR count). The molecule has 1 atom stereocenters. The molecule has 3 aromatic rings. The first-order valence-corrected chi connectivity index (χ1v) is 10.8. The van der Waals surface area contributed by atoms with Crippen molar-refractivity contribution >= 4 is 41.0 Å². The number of rotatable bonds is 4. The maximum atomic E-state index is 13.7. The molecule has 0 aromatic heterocycles. The zero-order valence-electron chi connectivity index (χ0n) is 17.9. The minimum atomic E-state index is -5.28. The van der Waals surface area contributed by atoms with E-state index >= 15 is 0 Å². The highest BCUT2D eigenvalue weighted by molar-refractivity contribution is 6.39. The summed E-state index contributed by atoms with van der Waals surface area (Å²) < 4.78 is 43.6. The smallest absolute Gasteiger partial charge is 0.419 e. The lowest BCUT2D eigenvalue weighted by atomic mass is 9.81. The van der Waals surface area contributed by atoms with Crippen molar-refractivity contribution in [1.82, 2.24) is 4.90 Å². The van der Waals surface area contributed by atoms with Crippen LogP contribution in [0.4, 0.5) is 13.2 Å². The van der Waals surface area contributed by atoms with E-state index in [1.165, 1.54) is 31.3 Å². The number of carbonyl (C=O) groups excluding carboxylic acids is 2. The highest BCUT2D eigenvalue weighted by Gasteiger charge is 2.54. The first kappa shape index (κ1) is 24.6. The van der Waals surface area contributed by atoms with Gasteiger partial charge in [-0.3, -0.25) is 9.69 Å². The number of nitrogens with zero attached hydrogens (tertiary/aromatic N) is 2. The number of amides is 1. The Balaban J connectivity index is 2.04. The summed E-state index contributed by atoms with van der Waals surface area (Å²) in [6, 6.07) is 17.3. The van der Waals surface area contributed by atoms with E-state index in [1.54, 1.807) is 36.4 Å². The normalized spacial score (nSPS) is 17.9. The molecule has 1 aliphatic rings. The van der Waals surface area contributed by atoms with Crippen LogP contribution in [0.1, 0.15) is 11.1 Å². The summed E-state index contributed by atoms with van der Waals surface area (Å²) in [4.78, 5) is 30.7. The SMILES string of the molecule is CN1C(=O)C(c2ccccc2OC(=O)C(F)(F)F)(c2c(Cl)ccc(-c3ccccc3)c2Cl)N=C1N. The molecule has 0 saturated heterocycles. The van der Waals surface area contributed by atoms with Gasteiger partial charge in [0.2, 0.25) is 0 Å². The number of halogens is 5. The Morgan fingerprint density at radius 1 is 1.03 bits per heavy atom. The molecule has 0 aliphatic carbocycles. The van der Waals surface area contributed by atoms with Crippen LogP contribution in [0.2, 0.25) is 10.0 Å². The number of esters is 1. The van der Waals surface area contributed by atoms with Crippen molar-refractivity contribution < 1.29 is 27.5 Å². The van der Waals surface area contributed by atoms with Gasteiger partial charge in [-0.05, 0) is 17.7 Å². The predicted octanol–water partition coefficient (Wildman–Crippen LogP) is 5.16. The van der Waals surface area contributed by atoms with Gasteiger partial charge in [-0.1, -0.05) is 77.8 Å². The summed E-state index contributed by atoms with van der Waals surface area (Å²) in [6.07, 6.45) is -5.28. The quantitative estimate of drug-likeness (QED) is 0.379. The molecule has 1 heterocycles. The number of nitrogens with two attached hydrogens (primary N) is 1. The molecule has 11 heteroatoms. The van der Waals surface area contributed by atoms with Crippen molar-refractivity contribution in [2.75, 3.05) is 7.05 Å². The standard InChI is InChI=1S/C24H16Cl2F3N3O3/c1-32-20(33)23(31-22(32)30,15-9-5-6-10-17(15)35-21(34)24(27,28)29)18-16(25)12-11-14(19(18)26)13-7-3-2-4-8-13/h2-12H,1H3,(H2,30,31). The molecule has 0 fully saturated rings. The van der Waals surface area contributed by atoms with Crippen molar-refractivity contribution in [2.24, 2.45) is 10.7 Å². The maximum Gasteiger partial charge on any atom is 0.491 e. The van der Waals surface area contributed by atoms with Crippen molar-refractivity contribution in [3.05, 3.63) is 87.9 Å². The number of likely N-dealkylation sites (N-methyl/N-ethyl adjacent to an activating group) is 1. The van der Waals surface area contributed by atoms with Gasteiger partial charge in [0.05, 0.1) is 5.02 Å². The summed E-state index contributed by atoms with van der Waals surface area (Å²) >= 11 is 13.4. The van der Waals surface area contributed by atoms with Gasteiger partial charge in [0, 0.05) is 28.8 Å². The Labute approximate surface area is 207 Å². The molecule has 1 aliphatic heterocycles. The number of aliphatic imine (C=N–C) groups is 1. The zero-order chi connectivity index (χ0) is 25.5. The molecule has 0 spiro atoms. The van der Waals surface area contributed by atoms with E-state index < -0.39 is 29.3 Å². The average Bonchev–Trinajstić information content (AvgIpc) is 3.04. The van der Waals surface area contributed by atoms with Crippen LogP contribution in [-0.2, 0) is 15.1 Å². The molecular weight excluding hydrogens is 506 g/mol.